The van der Waals surface area contributed by atoms with Crippen LogP contribution in [0.25, 0.3) is 11.3 Å². The number of nitrogens with zero attached hydrogens (tertiary/aromatic N) is 3. The van der Waals surface area contributed by atoms with Gasteiger partial charge >= 0.3 is 0 Å². The Morgan fingerprint density at radius 1 is 1.00 bits per heavy atom. The van der Waals surface area contributed by atoms with Gasteiger partial charge in [0, 0.05) is 24.7 Å². The van der Waals surface area contributed by atoms with E-state index in [1.807, 2.05) is 48.5 Å². The van der Waals surface area contributed by atoms with Crippen LogP contribution in [-0.4, -0.2) is 42.9 Å². The summed E-state index contributed by atoms with van der Waals surface area (Å²) in [5, 5.41) is 6.82. The minimum Gasteiger partial charge on any atom is -0.353 e. The number of benzene rings is 2. The first-order valence-electron chi connectivity index (χ1n) is 9.93. The van der Waals surface area contributed by atoms with Crippen molar-refractivity contribution in [2.75, 3.05) is 23.1 Å². The third-order valence-corrected chi connectivity index (χ3v) is 6.86. The molecular weight excluding hydrogens is 416 g/mol. The SMILES string of the molecule is O=C(Cn1nc(-c2ccccc2)ccc1=O)NCCS(=O)(=O)N1CCc2ccccc21. The van der Waals surface area contributed by atoms with Gasteiger partial charge in [-0.25, -0.2) is 13.1 Å². The predicted octanol–water partition coefficient (Wildman–Crippen LogP) is 1.42. The highest BCUT2D eigenvalue weighted by Gasteiger charge is 2.28. The normalized spacial score (nSPS) is 13.1. The monoisotopic (exact) mass is 438 g/mol. The molecule has 0 unspecified atom stereocenters. The summed E-state index contributed by atoms with van der Waals surface area (Å²) in [6.45, 7) is 0.0697. The van der Waals surface area contributed by atoms with Crippen molar-refractivity contribution in [3.8, 4) is 11.3 Å². The fraction of sp³-hybridized carbons (Fsp3) is 0.227. The fourth-order valence-electron chi connectivity index (χ4n) is 3.54. The number of carbonyl (C=O) groups excluding carboxylic acids is 1. The second kappa shape index (κ2) is 8.73. The van der Waals surface area contributed by atoms with Crippen molar-refractivity contribution >= 4 is 21.6 Å². The van der Waals surface area contributed by atoms with Crippen LogP contribution in [0.3, 0.4) is 0 Å². The number of sulfonamides is 1. The van der Waals surface area contributed by atoms with Gasteiger partial charge in [0.25, 0.3) is 5.56 Å². The molecule has 31 heavy (non-hydrogen) atoms. The maximum Gasteiger partial charge on any atom is 0.267 e. The lowest BCUT2D eigenvalue weighted by molar-refractivity contribution is -0.121. The molecule has 0 radical (unpaired) electrons. The first-order valence-corrected chi connectivity index (χ1v) is 11.5. The van der Waals surface area contributed by atoms with Crippen LogP contribution in [0.4, 0.5) is 5.69 Å². The summed E-state index contributed by atoms with van der Waals surface area (Å²) in [7, 11) is -3.56. The van der Waals surface area contributed by atoms with E-state index in [0.29, 0.717) is 24.3 Å². The largest absolute Gasteiger partial charge is 0.353 e. The second-order valence-electron chi connectivity index (χ2n) is 7.20. The van der Waals surface area contributed by atoms with Crippen LogP contribution in [0.2, 0.25) is 0 Å². The number of amides is 1. The van der Waals surface area contributed by atoms with Gasteiger partial charge in [0.05, 0.1) is 17.1 Å². The molecule has 160 valence electrons. The maximum atomic E-state index is 12.7. The van der Waals surface area contributed by atoms with Gasteiger partial charge in [-0.15, -0.1) is 0 Å². The number of anilines is 1. The summed E-state index contributed by atoms with van der Waals surface area (Å²) in [6, 6.07) is 19.7. The molecule has 0 saturated heterocycles. The average molecular weight is 439 g/mol. The summed E-state index contributed by atoms with van der Waals surface area (Å²) >= 11 is 0. The zero-order chi connectivity index (χ0) is 21.8. The molecule has 3 aromatic rings. The molecule has 9 heteroatoms. The van der Waals surface area contributed by atoms with Gasteiger partial charge in [0.15, 0.2) is 0 Å². The van der Waals surface area contributed by atoms with Crippen LogP contribution >= 0.6 is 0 Å². The number of aromatic nitrogens is 2. The average Bonchev–Trinajstić information content (AvgIpc) is 3.21. The predicted molar refractivity (Wildman–Crippen MR) is 118 cm³/mol. The molecule has 2 aromatic carbocycles. The number of hydrogen-bond donors (Lipinski definition) is 1. The van der Waals surface area contributed by atoms with Gasteiger partial charge in [0.1, 0.15) is 6.54 Å². The van der Waals surface area contributed by atoms with Crippen molar-refractivity contribution < 1.29 is 13.2 Å². The van der Waals surface area contributed by atoms with E-state index in [-0.39, 0.29) is 18.8 Å². The lowest BCUT2D eigenvalue weighted by Crippen LogP contribution is -2.39. The Labute approximate surface area is 180 Å². The lowest BCUT2D eigenvalue weighted by Gasteiger charge is -2.19. The summed E-state index contributed by atoms with van der Waals surface area (Å²) in [4.78, 5) is 24.4. The van der Waals surface area contributed by atoms with Crippen molar-refractivity contribution in [2.45, 2.75) is 13.0 Å². The molecule has 1 aliphatic heterocycles. The molecular formula is C22H22N4O4S. The van der Waals surface area contributed by atoms with Crippen LogP contribution < -0.4 is 15.2 Å². The van der Waals surface area contributed by atoms with Crippen LogP contribution in [-0.2, 0) is 27.8 Å². The van der Waals surface area contributed by atoms with Gasteiger partial charge in [-0.3, -0.25) is 13.9 Å². The van der Waals surface area contributed by atoms with Gasteiger partial charge < -0.3 is 5.32 Å². The summed E-state index contributed by atoms with van der Waals surface area (Å²) in [6.07, 6.45) is 0.675. The smallest absolute Gasteiger partial charge is 0.267 e. The van der Waals surface area contributed by atoms with E-state index in [0.717, 1.165) is 15.8 Å². The van der Waals surface area contributed by atoms with E-state index >= 15 is 0 Å². The fourth-order valence-corrected chi connectivity index (χ4v) is 4.97. The third kappa shape index (κ3) is 4.66. The Morgan fingerprint density at radius 3 is 2.55 bits per heavy atom. The molecule has 0 bridgehead atoms. The van der Waals surface area contributed by atoms with Crippen LogP contribution in [0.1, 0.15) is 5.56 Å². The number of para-hydroxylation sites is 1. The number of carbonyl (C=O) groups is 1. The molecule has 0 spiro atoms. The lowest BCUT2D eigenvalue weighted by atomic mass is 10.1. The third-order valence-electron chi connectivity index (χ3n) is 5.09. The summed E-state index contributed by atoms with van der Waals surface area (Å²) < 4.78 is 27.9. The van der Waals surface area contributed by atoms with E-state index in [2.05, 4.69) is 10.4 Å². The zero-order valence-corrected chi connectivity index (χ0v) is 17.6. The number of rotatable bonds is 7. The molecule has 1 aliphatic rings. The second-order valence-corrected chi connectivity index (χ2v) is 9.21. The molecule has 0 aliphatic carbocycles. The van der Waals surface area contributed by atoms with E-state index in [9.17, 15) is 18.0 Å². The minimum atomic E-state index is -3.56. The molecule has 0 saturated carbocycles. The molecule has 8 nitrogen and oxygen atoms in total. The van der Waals surface area contributed by atoms with Gasteiger partial charge in [-0.1, -0.05) is 48.5 Å². The Balaban J connectivity index is 1.36. The van der Waals surface area contributed by atoms with Crippen LogP contribution in [0.5, 0.6) is 0 Å². The molecule has 1 amide bonds. The Morgan fingerprint density at radius 2 is 1.74 bits per heavy atom. The van der Waals surface area contributed by atoms with Gasteiger partial charge in [-0.05, 0) is 24.1 Å². The molecule has 2 heterocycles. The first-order chi connectivity index (χ1) is 14.9. The van der Waals surface area contributed by atoms with Crippen LogP contribution in [0.15, 0.2) is 71.5 Å². The minimum absolute atomic E-state index is 0.0487. The standard InChI is InChI=1S/C22H22N4O4S/c27-21(16-25-22(28)11-10-19(24-25)17-6-2-1-3-7-17)23-13-15-31(29,30)26-14-12-18-8-4-5-9-20(18)26/h1-11H,12-16H2,(H,23,27). The quantitative estimate of drug-likeness (QED) is 0.601. The topological polar surface area (TPSA) is 101 Å². The molecule has 4 rings (SSSR count). The van der Waals surface area contributed by atoms with Crippen molar-refractivity contribution in [1.82, 2.24) is 15.1 Å². The molecule has 0 atom stereocenters. The van der Waals surface area contributed by atoms with Crippen molar-refractivity contribution in [2.24, 2.45) is 0 Å². The van der Waals surface area contributed by atoms with Gasteiger partial charge in [0.2, 0.25) is 15.9 Å². The van der Waals surface area contributed by atoms with Crippen molar-refractivity contribution in [1.29, 1.82) is 0 Å². The zero-order valence-electron chi connectivity index (χ0n) is 16.8. The highest BCUT2D eigenvalue weighted by atomic mass is 32.2. The molecule has 1 aromatic heterocycles. The Kier molecular flexibility index (Phi) is 5.85. The number of hydrogen-bond acceptors (Lipinski definition) is 5. The summed E-state index contributed by atoms with van der Waals surface area (Å²) in [5.74, 6) is -0.698. The van der Waals surface area contributed by atoms with Crippen molar-refractivity contribution in [3.63, 3.8) is 0 Å². The van der Waals surface area contributed by atoms with E-state index in [4.69, 9.17) is 0 Å². The Bertz CT molecular complexity index is 1260. The molecule has 0 fully saturated rings. The highest BCUT2D eigenvalue weighted by molar-refractivity contribution is 7.92. The van der Waals surface area contributed by atoms with E-state index in [1.54, 1.807) is 12.1 Å². The Hall–Kier alpha value is -3.46. The highest BCUT2D eigenvalue weighted by Crippen LogP contribution is 2.29. The van der Waals surface area contributed by atoms with E-state index in [1.165, 1.54) is 10.4 Å². The van der Waals surface area contributed by atoms with Crippen LogP contribution in [0, 0.1) is 0 Å². The van der Waals surface area contributed by atoms with Gasteiger partial charge in [-0.2, -0.15) is 5.10 Å². The van der Waals surface area contributed by atoms with Crippen molar-refractivity contribution in [3.05, 3.63) is 82.6 Å². The maximum absolute atomic E-state index is 12.7. The van der Waals surface area contributed by atoms with E-state index < -0.39 is 21.5 Å². The number of fused-ring (bicyclic) bond motifs is 1. The molecule has 1 N–H and O–H groups in total. The summed E-state index contributed by atoms with van der Waals surface area (Å²) in [5.41, 5.74) is 2.69. The first kappa shape index (κ1) is 20.8. The number of nitrogens with one attached hydrogen (secondary N) is 1.